The molecule has 2 rings (SSSR count). The van der Waals surface area contributed by atoms with Gasteiger partial charge in [-0.2, -0.15) is 4.98 Å². The van der Waals surface area contributed by atoms with Crippen molar-refractivity contribution in [2.75, 3.05) is 13.6 Å². The normalized spacial score (nSPS) is 12.3. The minimum atomic E-state index is 0.0467. The first-order valence-electron chi connectivity index (χ1n) is 7.86. The third-order valence-electron chi connectivity index (χ3n) is 3.51. The molecule has 0 radical (unpaired) electrons. The van der Waals surface area contributed by atoms with Gasteiger partial charge in [0.15, 0.2) is 11.8 Å². The van der Waals surface area contributed by atoms with Crippen LogP contribution in [0.3, 0.4) is 0 Å². The van der Waals surface area contributed by atoms with Gasteiger partial charge >= 0.3 is 0 Å². The predicted molar refractivity (Wildman–Crippen MR) is 96.2 cm³/mol. The highest BCUT2D eigenvalue weighted by atomic mass is 35.5. The number of aryl methyl sites for hydroxylation is 1. The first-order valence-corrected chi connectivity index (χ1v) is 8.24. The number of aliphatic imine (C=N–C) groups is 1. The van der Waals surface area contributed by atoms with Crippen LogP contribution in [-0.4, -0.2) is 29.7 Å². The summed E-state index contributed by atoms with van der Waals surface area (Å²) in [5.41, 5.74) is 1.27. The predicted octanol–water partition coefficient (Wildman–Crippen LogP) is 2.97. The number of benzene rings is 1. The van der Waals surface area contributed by atoms with Crippen LogP contribution < -0.4 is 10.6 Å². The fraction of sp³-hybridized carbons (Fsp3) is 0.471. The first-order chi connectivity index (χ1) is 11.4. The molecule has 0 unspecified atom stereocenters. The lowest BCUT2D eigenvalue weighted by molar-refractivity contribution is 0.358. The van der Waals surface area contributed by atoms with Gasteiger partial charge in [-0.25, -0.2) is 0 Å². The molecule has 24 heavy (non-hydrogen) atoms. The molecule has 0 atom stereocenters. The van der Waals surface area contributed by atoms with Gasteiger partial charge < -0.3 is 15.2 Å². The quantitative estimate of drug-likeness (QED) is 0.619. The van der Waals surface area contributed by atoms with Crippen LogP contribution in [0.15, 0.2) is 33.8 Å². The minimum absolute atomic E-state index is 0.0467. The number of nitrogens with one attached hydrogen (secondary N) is 2. The molecule has 0 aliphatic carbocycles. The van der Waals surface area contributed by atoms with E-state index < -0.39 is 0 Å². The van der Waals surface area contributed by atoms with Gasteiger partial charge in [0, 0.05) is 25.5 Å². The van der Waals surface area contributed by atoms with E-state index >= 15 is 0 Å². The van der Waals surface area contributed by atoms with Gasteiger partial charge in [0.2, 0.25) is 5.89 Å². The van der Waals surface area contributed by atoms with E-state index in [0.717, 1.165) is 18.0 Å². The van der Waals surface area contributed by atoms with Crippen molar-refractivity contribution in [1.29, 1.82) is 0 Å². The van der Waals surface area contributed by atoms with Crippen LogP contribution in [0.25, 0.3) is 0 Å². The Kier molecular flexibility index (Phi) is 6.20. The Morgan fingerprint density at radius 1 is 1.33 bits per heavy atom. The van der Waals surface area contributed by atoms with Crippen molar-refractivity contribution >= 4 is 17.6 Å². The highest BCUT2D eigenvalue weighted by Gasteiger charge is 2.19. The molecule has 1 aromatic carbocycles. The standard InChI is InChI=1S/C17H24ClN5O/c1-12-22-15(23-24-12)10-20-16(19-4)21-11-17(2,3)9-13-6-5-7-14(18)8-13/h5-8H,9-11H2,1-4H3,(H2,19,20,21). The Labute approximate surface area is 147 Å². The maximum atomic E-state index is 6.06. The molecule has 0 saturated heterocycles. The lowest BCUT2D eigenvalue weighted by Gasteiger charge is -2.26. The van der Waals surface area contributed by atoms with Crippen molar-refractivity contribution in [2.45, 2.75) is 33.7 Å². The number of aromatic nitrogens is 2. The van der Waals surface area contributed by atoms with Crippen LogP contribution in [-0.2, 0) is 13.0 Å². The van der Waals surface area contributed by atoms with Crippen LogP contribution in [0.1, 0.15) is 31.1 Å². The summed E-state index contributed by atoms with van der Waals surface area (Å²) >= 11 is 6.06. The number of guanidine groups is 1. The van der Waals surface area contributed by atoms with Gasteiger partial charge in [-0.15, -0.1) is 0 Å². The Balaban J connectivity index is 1.84. The van der Waals surface area contributed by atoms with Gasteiger partial charge in [-0.3, -0.25) is 4.99 Å². The molecule has 1 heterocycles. The Morgan fingerprint density at radius 2 is 2.12 bits per heavy atom. The van der Waals surface area contributed by atoms with Crippen LogP contribution in [0.5, 0.6) is 0 Å². The Morgan fingerprint density at radius 3 is 2.75 bits per heavy atom. The second kappa shape index (κ2) is 8.15. The fourth-order valence-corrected chi connectivity index (χ4v) is 2.59. The van der Waals surface area contributed by atoms with Crippen molar-refractivity contribution < 1.29 is 4.52 Å². The average Bonchev–Trinajstić information content (AvgIpc) is 2.92. The maximum absolute atomic E-state index is 6.06. The molecule has 7 heteroatoms. The molecule has 0 bridgehead atoms. The van der Waals surface area contributed by atoms with Crippen LogP contribution in [0, 0.1) is 12.3 Å². The zero-order valence-electron chi connectivity index (χ0n) is 14.6. The molecule has 6 nitrogen and oxygen atoms in total. The van der Waals surface area contributed by atoms with Crippen molar-refractivity contribution in [3.63, 3.8) is 0 Å². The molecule has 0 aliphatic rings. The van der Waals surface area contributed by atoms with Crippen molar-refractivity contribution in [1.82, 2.24) is 20.8 Å². The van der Waals surface area contributed by atoms with Crippen molar-refractivity contribution in [3.8, 4) is 0 Å². The lowest BCUT2D eigenvalue weighted by Crippen LogP contribution is -2.42. The first kappa shape index (κ1) is 18.3. The number of nitrogens with zero attached hydrogens (tertiary/aromatic N) is 3. The summed E-state index contributed by atoms with van der Waals surface area (Å²) in [5.74, 6) is 1.86. The van der Waals surface area contributed by atoms with Crippen LogP contribution >= 0.6 is 11.6 Å². The molecule has 0 fully saturated rings. The Bertz CT molecular complexity index is 696. The molecule has 0 spiro atoms. The molecular weight excluding hydrogens is 326 g/mol. The smallest absolute Gasteiger partial charge is 0.223 e. The highest BCUT2D eigenvalue weighted by Crippen LogP contribution is 2.22. The van der Waals surface area contributed by atoms with E-state index in [-0.39, 0.29) is 5.41 Å². The molecule has 2 N–H and O–H groups in total. The summed E-state index contributed by atoms with van der Waals surface area (Å²) in [6.45, 7) is 7.41. The topological polar surface area (TPSA) is 75.3 Å². The largest absolute Gasteiger partial charge is 0.356 e. The number of halogens is 1. The zero-order chi connectivity index (χ0) is 17.6. The lowest BCUT2D eigenvalue weighted by atomic mass is 9.86. The molecule has 0 aliphatic heterocycles. The summed E-state index contributed by atoms with van der Waals surface area (Å²) in [6.07, 6.45) is 0.918. The Hall–Kier alpha value is -2.08. The molecule has 130 valence electrons. The second-order valence-corrected chi connectivity index (χ2v) is 6.92. The van der Waals surface area contributed by atoms with E-state index in [2.05, 4.69) is 45.7 Å². The molecule has 0 amide bonds. The van der Waals surface area contributed by atoms with E-state index in [1.54, 1.807) is 14.0 Å². The fourth-order valence-electron chi connectivity index (χ4n) is 2.38. The zero-order valence-corrected chi connectivity index (χ0v) is 15.3. The summed E-state index contributed by atoms with van der Waals surface area (Å²) in [6, 6.07) is 7.98. The number of hydrogen-bond donors (Lipinski definition) is 2. The molecule has 2 aromatic rings. The second-order valence-electron chi connectivity index (χ2n) is 6.48. The third-order valence-corrected chi connectivity index (χ3v) is 3.75. The van der Waals surface area contributed by atoms with Gasteiger partial charge in [0.25, 0.3) is 0 Å². The van der Waals surface area contributed by atoms with Crippen molar-refractivity contribution in [2.24, 2.45) is 10.4 Å². The van der Waals surface area contributed by atoms with Crippen LogP contribution in [0.4, 0.5) is 0 Å². The summed E-state index contributed by atoms with van der Waals surface area (Å²) < 4.78 is 4.95. The SMILES string of the molecule is CN=C(NCc1noc(C)n1)NCC(C)(C)Cc1cccc(Cl)c1. The molecular formula is C17H24ClN5O. The average molecular weight is 350 g/mol. The molecule has 1 aromatic heterocycles. The van der Waals surface area contributed by atoms with Gasteiger partial charge in [0.1, 0.15) is 0 Å². The minimum Gasteiger partial charge on any atom is -0.356 e. The molecule has 0 saturated carbocycles. The van der Waals surface area contributed by atoms with E-state index in [1.807, 2.05) is 18.2 Å². The van der Waals surface area contributed by atoms with E-state index in [1.165, 1.54) is 5.56 Å². The number of hydrogen-bond acceptors (Lipinski definition) is 4. The van der Waals surface area contributed by atoms with Gasteiger partial charge in [-0.05, 0) is 29.5 Å². The van der Waals surface area contributed by atoms with Gasteiger partial charge in [0.05, 0.1) is 6.54 Å². The monoisotopic (exact) mass is 349 g/mol. The highest BCUT2D eigenvalue weighted by molar-refractivity contribution is 6.30. The van der Waals surface area contributed by atoms with E-state index in [9.17, 15) is 0 Å². The van der Waals surface area contributed by atoms with E-state index in [0.29, 0.717) is 24.2 Å². The number of rotatable bonds is 6. The van der Waals surface area contributed by atoms with Crippen LogP contribution in [0.2, 0.25) is 5.02 Å². The van der Waals surface area contributed by atoms with Crippen molar-refractivity contribution in [3.05, 3.63) is 46.6 Å². The van der Waals surface area contributed by atoms with E-state index in [4.69, 9.17) is 16.1 Å². The maximum Gasteiger partial charge on any atom is 0.223 e. The third kappa shape index (κ3) is 5.85. The summed E-state index contributed by atoms with van der Waals surface area (Å²) in [4.78, 5) is 8.38. The summed E-state index contributed by atoms with van der Waals surface area (Å²) in [7, 11) is 1.74. The van der Waals surface area contributed by atoms with Gasteiger partial charge in [-0.1, -0.05) is 42.7 Å². The summed E-state index contributed by atoms with van der Waals surface area (Å²) in [5, 5.41) is 11.1.